The molecule has 8 nitrogen and oxygen atoms in total. The molecule has 0 rings (SSSR count). The topological polar surface area (TPSA) is 164 Å². The van der Waals surface area contributed by atoms with Crippen LogP contribution in [0.25, 0.3) is 0 Å². The van der Waals surface area contributed by atoms with Gasteiger partial charge in [0, 0.05) is 13.0 Å². The van der Waals surface area contributed by atoms with Crippen LogP contribution >= 0.6 is 0 Å². The van der Waals surface area contributed by atoms with Gasteiger partial charge in [0.1, 0.15) is 6.04 Å². The van der Waals surface area contributed by atoms with Crippen molar-refractivity contribution in [3.63, 3.8) is 0 Å². The molecule has 1 atom stereocenters. The third-order valence-corrected chi connectivity index (χ3v) is 1.34. The van der Waals surface area contributed by atoms with Crippen molar-refractivity contribution in [3.05, 3.63) is 0 Å². The molecular weight excluding hydrogens is 220 g/mol. The molecule has 7 N–H and O–H groups in total. The molecule has 0 aliphatic rings. The predicted octanol–water partition coefficient (Wildman–Crippen LogP) is -1.32. The SMILES string of the molecule is NC(CCC(=O)O)C(=O)O.NCCC(=O)O. The molecule has 0 fully saturated rings. The first-order valence-corrected chi connectivity index (χ1v) is 4.43. The van der Waals surface area contributed by atoms with E-state index in [4.69, 9.17) is 26.8 Å². The number of nitrogens with two attached hydrogens (primary N) is 2. The second-order valence-corrected chi connectivity index (χ2v) is 2.81. The summed E-state index contributed by atoms with van der Waals surface area (Å²) in [5.74, 6) is -3.03. The van der Waals surface area contributed by atoms with Gasteiger partial charge in [0.05, 0.1) is 6.42 Å². The van der Waals surface area contributed by atoms with Crippen LogP contribution in [-0.2, 0) is 14.4 Å². The Morgan fingerprint density at radius 1 is 1.00 bits per heavy atom. The van der Waals surface area contributed by atoms with Crippen LogP contribution < -0.4 is 11.5 Å². The van der Waals surface area contributed by atoms with Gasteiger partial charge in [-0.25, -0.2) is 0 Å². The van der Waals surface area contributed by atoms with Crippen molar-refractivity contribution in [2.24, 2.45) is 11.5 Å². The third kappa shape index (κ3) is 14.8. The molecular formula is C8H16N2O6. The first-order chi connectivity index (χ1) is 7.31. The smallest absolute Gasteiger partial charge is 0.320 e. The number of aliphatic carboxylic acids is 3. The quantitative estimate of drug-likeness (QED) is 0.379. The molecule has 0 saturated heterocycles. The number of carboxylic acid groups (broad SMARTS) is 3. The molecule has 0 heterocycles. The van der Waals surface area contributed by atoms with Crippen molar-refractivity contribution in [1.82, 2.24) is 0 Å². The number of rotatable bonds is 6. The third-order valence-electron chi connectivity index (χ3n) is 1.34. The fourth-order valence-corrected chi connectivity index (χ4v) is 0.526. The van der Waals surface area contributed by atoms with Crippen molar-refractivity contribution in [2.75, 3.05) is 6.54 Å². The fourth-order valence-electron chi connectivity index (χ4n) is 0.526. The Balaban J connectivity index is 0. The van der Waals surface area contributed by atoms with Crippen LogP contribution in [0.3, 0.4) is 0 Å². The fraction of sp³-hybridized carbons (Fsp3) is 0.625. The van der Waals surface area contributed by atoms with E-state index in [1.54, 1.807) is 0 Å². The van der Waals surface area contributed by atoms with Crippen molar-refractivity contribution >= 4 is 17.9 Å². The Labute approximate surface area is 91.8 Å². The molecule has 0 spiro atoms. The maximum atomic E-state index is 9.99. The first-order valence-electron chi connectivity index (χ1n) is 4.43. The van der Waals surface area contributed by atoms with Crippen molar-refractivity contribution in [1.29, 1.82) is 0 Å². The van der Waals surface area contributed by atoms with Crippen LogP contribution in [0.4, 0.5) is 0 Å². The Morgan fingerprint density at radius 3 is 1.62 bits per heavy atom. The summed E-state index contributed by atoms with van der Waals surface area (Å²) in [5.41, 5.74) is 9.85. The van der Waals surface area contributed by atoms with E-state index in [1.807, 2.05) is 0 Å². The lowest BCUT2D eigenvalue weighted by Gasteiger charge is -2.01. The average molecular weight is 236 g/mol. The highest BCUT2D eigenvalue weighted by Crippen LogP contribution is 1.93. The summed E-state index contributed by atoms with van der Waals surface area (Å²) in [4.78, 5) is 29.4. The van der Waals surface area contributed by atoms with Gasteiger partial charge in [-0.05, 0) is 6.42 Å². The molecule has 0 amide bonds. The van der Waals surface area contributed by atoms with Gasteiger partial charge in [-0.3, -0.25) is 14.4 Å². The minimum atomic E-state index is -1.17. The molecule has 16 heavy (non-hydrogen) atoms. The predicted molar refractivity (Wildman–Crippen MR) is 53.8 cm³/mol. The van der Waals surface area contributed by atoms with E-state index in [-0.39, 0.29) is 25.8 Å². The van der Waals surface area contributed by atoms with E-state index in [0.29, 0.717) is 0 Å². The van der Waals surface area contributed by atoms with Crippen LogP contribution in [0.2, 0.25) is 0 Å². The summed E-state index contributed by atoms with van der Waals surface area (Å²) < 4.78 is 0. The van der Waals surface area contributed by atoms with E-state index in [1.165, 1.54) is 0 Å². The minimum Gasteiger partial charge on any atom is -0.481 e. The molecule has 94 valence electrons. The van der Waals surface area contributed by atoms with Crippen LogP contribution in [0.5, 0.6) is 0 Å². The zero-order valence-corrected chi connectivity index (χ0v) is 8.63. The van der Waals surface area contributed by atoms with Gasteiger partial charge in [0.15, 0.2) is 0 Å². The number of carboxylic acids is 3. The lowest BCUT2D eigenvalue weighted by molar-refractivity contribution is -0.140. The van der Waals surface area contributed by atoms with E-state index in [2.05, 4.69) is 0 Å². The molecule has 0 aliphatic carbocycles. The number of hydrogen-bond acceptors (Lipinski definition) is 5. The largest absolute Gasteiger partial charge is 0.481 e. The van der Waals surface area contributed by atoms with Gasteiger partial charge in [0.2, 0.25) is 0 Å². The van der Waals surface area contributed by atoms with Gasteiger partial charge < -0.3 is 26.8 Å². The Bertz CT molecular complexity index is 243. The highest BCUT2D eigenvalue weighted by atomic mass is 16.4. The van der Waals surface area contributed by atoms with Crippen molar-refractivity contribution in [2.45, 2.75) is 25.3 Å². The Hall–Kier alpha value is -1.67. The highest BCUT2D eigenvalue weighted by molar-refractivity contribution is 5.74. The maximum absolute atomic E-state index is 9.99. The summed E-state index contributed by atoms with van der Waals surface area (Å²) in [6.45, 7) is 0.231. The highest BCUT2D eigenvalue weighted by Gasteiger charge is 2.12. The maximum Gasteiger partial charge on any atom is 0.320 e. The molecule has 8 heteroatoms. The second kappa shape index (κ2) is 9.87. The number of hydrogen-bond donors (Lipinski definition) is 5. The van der Waals surface area contributed by atoms with Crippen molar-refractivity contribution < 1.29 is 29.7 Å². The molecule has 0 aliphatic heterocycles. The lowest BCUT2D eigenvalue weighted by Crippen LogP contribution is -2.30. The molecule has 0 bridgehead atoms. The van der Waals surface area contributed by atoms with Crippen molar-refractivity contribution in [3.8, 4) is 0 Å². The molecule has 0 saturated carbocycles. The Morgan fingerprint density at radius 2 is 1.44 bits per heavy atom. The summed E-state index contributed by atoms with van der Waals surface area (Å²) in [6, 6.07) is -1.06. The minimum absolute atomic E-state index is 0.0231. The number of carbonyl (C=O) groups is 3. The van der Waals surface area contributed by atoms with E-state index in [9.17, 15) is 14.4 Å². The van der Waals surface area contributed by atoms with Crippen LogP contribution in [-0.4, -0.2) is 45.8 Å². The summed E-state index contributed by atoms with van der Waals surface area (Å²) >= 11 is 0. The van der Waals surface area contributed by atoms with Crippen LogP contribution in [0.1, 0.15) is 19.3 Å². The van der Waals surface area contributed by atoms with E-state index < -0.39 is 23.9 Å². The van der Waals surface area contributed by atoms with Gasteiger partial charge in [-0.15, -0.1) is 0 Å². The lowest BCUT2D eigenvalue weighted by atomic mass is 10.2. The molecule has 0 aromatic carbocycles. The monoisotopic (exact) mass is 236 g/mol. The molecule has 0 radical (unpaired) electrons. The second-order valence-electron chi connectivity index (χ2n) is 2.81. The molecule has 0 aromatic rings. The zero-order chi connectivity index (χ0) is 13.1. The Kier molecular flexibility index (Phi) is 10.3. The van der Waals surface area contributed by atoms with Gasteiger partial charge in [-0.2, -0.15) is 0 Å². The van der Waals surface area contributed by atoms with Gasteiger partial charge in [0.25, 0.3) is 0 Å². The first kappa shape index (κ1) is 16.7. The van der Waals surface area contributed by atoms with E-state index in [0.717, 1.165) is 0 Å². The van der Waals surface area contributed by atoms with Gasteiger partial charge >= 0.3 is 17.9 Å². The van der Waals surface area contributed by atoms with Crippen LogP contribution in [0.15, 0.2) is 0 Å². The van der Waals surface area contributed by atoms with Crippen LogP contribution in [0, 0.1) is 0 Å². The molecule has 1 unspecified atom stereocenters. The molecule has 0 aromatic heterocycles. The summed E-state index contributed by atoms with van der Waals surface area (Å²) in [7, 11) is 0. The normalized spacial score (nSPS) is 10.9. The zero-order valence-electron chi connectivity index (χ0n) is 8.63. The summed E-state index contributed by atoms with van der Waals surface area (Å²) in [6.07, 6.45) is -0.155. The van der Waals surface area contributed by atoms with Gasteiger partial charge in [-0.1, -0.05) is 0 Å². The van der Waals surface area contributed by atoms with E-state index >= 15 is 0 Å². The standard InChI is InChI=1S/C5H9NO4.C3H7NO2/c6-3(5(9)10)1-2-4(7)8;4-2-1-3(5)6/h3H,1-2,6H2,(H,7,8)(H,9,10);1-2,4H2,(H,5,6). The average Bonchev–Trinajstić information content (AvgIpc) is 2.14. The summed E-state index contributed by atoms with van der Waals surface area (Å²) in [5, 5.41) is 24.1.